The second-order valence-corrected chi connectivity index (χ2v) is 9.55. The van der Waals surface area contributed by atoms with E-state index in [1.807, 2.05) is 6.07 Å². The molecule has 0 aliphatic heterocycles. The highest BCUT2D eigenvalue weighted by molar-refractivity contribution is 7.89. The number of thiophene rings is 1. The Morgan fingerprint density at radius 1 is 1.07 bits per heavy atom. The number of benzene rings is 1. The molecule has 2 amide bonds. The Morgan fingerprint density at radius 3 is 2.45 bits per heavy atom. The number of hydrazine groups is 1. The number of fused-ring (bicyclic) bond motifs is 1. The van der Waals surface area contributed by atoms with Crippen molar-refractivity contribution in [3.05, 3.63) is 51.2 Å². The van der Waals surface area contributed by atoms with Crippen molar-refractivity contribution in [2.75, 3.05) is 6.54 Å². The predicted molar refractivity (Wildman–Crippen MR) is 108 cm³/mol. The highest BCUT2D eigenvalue weighted by Gasteiger charge is 2.19. The molecule has 154 valence electrons. The lowest BCUT2D eigenvalue weighted by molar-refractivity contribution is -0.121. The molecular weight excluding hydrogens is 414 g/mol. The van der Waals surface area contributed by atoms with Gasteiger partial charge in [0.05, 0.1) is 9.77 Å². The highest BCUT2D eigenvalue weighted by atomic mass is 32.2. The molecule has 0 bridgehead atoms. The fourth-order valence-corrected chi connectivity index (χ4v) is 5.12. The van der Waals surface area contributed by atoms with Crippen LogP contribution in [-0.4, -0.2) is 32.6 Å². The van der Waals surface area contributed by atoms with Gasteiger partial charge < -0.3 is 0 Å². The molecule has 0 fully saturated rings. The number of Topliss-reactive ketones (excluding diaryl/α,β-unsaturated/α-hetero) is 1. The van der Waals surface area contributed by atoms with Crippen molar-refractivity contribution in [2.45, 2.75) is 37.5 Å². The van der Waals surface area contributed by atoms with Crippen LogP contribution in [0.4, 0.5) is 0 Å². The third-order valence-electron chi connectivity index (χ3n) is 4.50. The Bertz CT molecular complexity index is 1020. The molecule has 3 N–H and O–H groups in total. The van der Waals surface area contributed by atoms with Crippen LogP contribution in [-0.2, 0) is 27.7 Å². The van der Waals surface area contributed by atoms with Crippen molar-refractivity contribution < 1.29 is 22.8 Å². The van der Waals surface area contributed by atoms with Crippen LogP contribution in [0.1, 0.15) is 50.2 Å². The third-order valence-corrected chi connectivity index (χ3v) is 7.21. The SMILES string of the molecule is CC(=O)c1ccc(S(=O)(=O)NCCC(=O)NNC(=O)c2cc3c(s2)CCC3)cc1. The minimum Gasteiger partial charge on any atom is -0.295 e. The number of ketones is 1. The first kappa shape index (κ1) is 21.2. The standard InChI is InChI=1S/C19H21N3O5S2/c1-12(23)13-5-7-15(8-6-13)29(26,27)20-10-9-18(24)21-22-19(25)17-11-14-3-2-4-16(14)28-17/h5-8,11,20H,2-4,9-10H2,1H3,(H,21,24)(H,22,25). The lowest BCUT2D eigenvalue weighted by Crippen LogP contribution is -2.42. The Balaban J connectivity index is 1.44. The molecule has 1 aromatic carbocycles. The molecule has 3 rings (SSSR count). The van der Waals surface area contributed by atoms with Gasteiger partial charge in [0.1, 0.15) is 0 Å². The summed E-state index contributed by atoms with van der Waals surface area (Å²) in [6.07, 6.45) is 2.92. The van der Waals surface area contributed by atoms with Crippen LogP contribution >= 0.6 is 11.3 Å². The highest BCUT2D eigenvalue weighted by Crippen LogP contribution is 2.30. The van der Waals surface area contributed by atoms with Gasteiger partial charge in [0, 0.05) is 23.4 Å². The summed E-state index contributed by atoms with van der Waals surface area (Å²) in [5.41, 5.74) is 6.24. The minimum atomic E-state index is -3.80. The molecule has 1 heterocycles. The summed E-state index contributed by atoms with van der Waals surface area (Å²) >= 11 is 1.43. The van der Waals surface area contributed by atoms with Crippen molar-refractivity contribution >= 4 is 39.0 Å². The monoisotopic (exact) mass is 435 g/mol. The Hall–Kier alpha value is -2.56. The van der Waals surface area contributed by atoms with E-state index in [9.17, 15) is 22.8 Å². The maximum Gasteiger partial charge on any atom is 0.279 e. The van der Waals surface area contributed by atoms with E-state index in [4.69, 9.17) is 0 Å². The van der Waals surface area contributed by atoms with E-state index in [2.05, 4.69) is 15.6 Å². The first-order valence-electron chi connectivity index (χ1n) is 9.08. The smallest absolute Gasteiger partial charge is 0.279 e. The van der Waals surface area contributed by atoms with Gasteiger partial charge in [0.25, 0.3) is 5.91 Å². The van der Waals surface area contributed by atoms with Crippen molar-refractivity contribution in [2.24, 2.45) is 0 Å². The van der Waals surface area contributed by atoms with E-state index in [1.165, 1.54) is 53.0 Å². The van der Waals surface area contributed by atoms with Gasteiger partial charge in [0.15, 0.2) is 5.78 Å². The Morgan fingerprint density at radius 2 is 1.79 bits per heavy atom. The zero-order chi connectivity index (χ0) is 21.0. The van der Waals surface area contributed by atoms with E-state index in [0.717, 1.165) is 19.3 Å². The first-order chi connectivity index (χ1) is 13.8. The van der Waals surface area contributed by atoms with Gasteiger partial charge in [0.2, 0.25) is 15.9 Å². The van der Waals surface area contributed by atoms with Gasteiger partial charge in [-0.2, -0.15) is 0 Å². The van der Waals surface area contributed by atoms with Gasteiger partial charge in [-0.25, -0.2) is 13.1 Å². The third kappa shape index (κ3) is 5.28. The summed E-state index contributed by atoms with van der Waals surface area (Å²) < 4.78 is 26.8. The summed E-state index contributed by atoms with van der Waals surface area (Å²) in [6, 6.07) is 7.37. The molecule has 0 saturated heterocycles. The van der Waals surface area contributed by atoms with Gasteiger partial charge in [-0.1, -0.05) is 12.1 Å². The largest absolute Gasteiger partial charge is 0.295 e. The average Bonchev–Trinajstić information content (AvgIpc) is 3.28. The van der Waals surface area contributed by atoms with E-state index in [1.54, 1.807) is 0 Å². The van der Waals surface area contributed by atoms with E-state index in [0.29, 0.717) is 10.4 Å². The number of rotatable bonds is 7. The molecule has 29 heavy (non-hydrogen) atoms. The first-order valence-corrected chi connectivity index (χ1v) is 11.4. The number of amides is 2. The van der Waals surface area contributed by atoms with E-state index < -0.39 is 15.9 Å². The summed E-state index contributed by atoms with van der Waals surface area (Å²) in [5, 5.41) is 0. The van der Waals surface area contributed by atoms with Gasteiger partial charge in [-0.3, -0.25) is 25.2 Å². The number of hydrogen-bond acceptors (Lipinski definition) is 6. The molecule has 1 aliphatic carbocycles. The quantitative estimate of drug-likeness (QED) is 0.450. The molecule has 0 radical (unpaired) electrons. The van der Waals surface area contributed by atoms with Crippen molar-refractivity contribution in [1.29, 1.82) is 0 Å². The second-order valence-electron chi connectivity index (χ2n) is 6.64. The average molecular weight is 436 g/mol. The predicted octanol–water partition coefficient (Wildman–Crippen LogP) is 1.57. The Kier molecular flexibility index (Phi) is 6.46. The molecule has 0 spiro atoms. The van der Waals surface area contributed by atoms with Crippen LogP contribution in [0.5, 0.6) is 0 Å². The summed E-state index contributed by atoms with van der Waals surface area (Å²) in [7, 11) is -3.80. The fourth-order valence-electron chi connectivity index (χ4n) is 2.94. The van der Waals surface area contributed by atoms with Crippen LogP contribution in [0.2, 0.25) is 0 Å². The maximum absolute atomic E-state index is 12.2. The number of carbonyl (C=O) groups is 3. The molecule has 10 heteroatoms. The van der Waals surface area contributed by atoms with Crippen LogP contribution in [0.15, 0.2) is 35.2 Å². The topological polar surface area (TPSA) is 121 Å². The zero-order valence-electron chi connectivity index (χ0n) is 15.8. The zero-order valence-corrected chi connectivity index (χ0v) is 17.4. The van der Waals surface area contributed by atoms with Crippen molar-refractivity contribution in [3.8, 4) is 0 Å². The number of nitrogens with one attached hydrogen (secondary N) is 3. The number of aryl methyl sites for hydroxylation is 2. The fraction of sp³-hybridized carbons (Fsp3) is 0.316. The molecule has 0 saturated carbocycles. The molecule has 1 aromatic heterocycles. The second kappa shape index (κ2) is 8.85. The number of sulfonamides is 1. The van der Waals surface area contributed by atoms with Crippen molar-refractivity contribution in [1.82, 2.24) is 15.6 Å². The normalized spacial score (nSPS) is 13.0. The van der Waals surface area contributed by atoms with E-state index >= 15 is 0 Å². The lowest BCUT2D eigenvalue weighted by atomic mass is 10.2. The molecular formula is C19H21N3O5S2. The van der Waals surface area contributed by atoms with Crippen LogP contribution in [0.25, 0.3) is 0 Å². The molecule has 0 atom stereocenters. The van der Waals surface area contributed by atoms with Gasteiger partial charge >= 0.3 is 0 Å². The van der Waals surface area contributed by atoms with Crippen LogP contribution in [0, 0.1) is 0 Å². The number of carbonyl (C=O) groups excluding carboxylic acids is 3. The summed E-state index contributed by atoms with van der Waals surface area (Å²) in [4.78, 5) is 37.0. The minimum absolute atomic E-state index is 0.00181. The van der Waals surface area contributed by atoms with Crippen LogP contribution < -0.4 is 15.6 Å². The van der Waals surface area contributed by atoms with Crippen LogP contribution in [0.3, 0.4) is 0 Å². The number of hydrogen-bond donors (Lipinski definition) is 3. The lowest BCUT2D eigenvalue weighted by Gasteiger charge is -2.08. The summed E-state index contributed by atoms with van der Waals surface area (Å²) in [5.74, 6) is -1.06. The van der Waals surface area contributed by atoms with Gasteiger partial charge in [-0.15, -0.1) is 11.3 Å². The maximum atomic E-state index is 12.2. The summed E-state index contributed by atoms with van der Waals surface area (Å²) in [6.45, 7) is 1.26. The van der Waals surface area contributed by atoms with Crippen molar-refractivity contribution in [3.63, 3.8) is 0 Å². The molecule has 2 aromatic rings. The Labute approximate surface area is 172 Å². The molecule has 8 nitrogen and oxygen atoms in total. The molecule has 0 unspecified atom stereocenters. The van der Waals surface area contributed by atoms with Gasteiger partial charge in [-0.05, 0) is 49.9 Å². The van der Waals surface area contributed by atoms with E-state index in [-0.39, 0.29) is 29.6 Å². The molecule has 1 aliphatic rings.